The van der Waals surface area contributed by atoms with Crippen molar-refractivity contribution < 1.29 is 26.7 Å². The van der Waals surface area contributed by atoms with E-state index in [1.54, 1.807) is 0 Å². The smallest absolute Gasteiger partial charge is 0.397 e. The monoisotopic (exact) mass is 631 g/mol. The van der Waals surface area contributed by atoms with Crippen LogP contribution in [-0.2, 0) is 14.6 Å². The number of rotatable bonds is 28. The van der Waals surface area contributed by atoms with Crippen LogP contribution in [0.2, 0.25) is 0 Å². The normalized spacial score (nSPS) is 17.1. The van der Waals surface area contributed by atoms with Crippen LogP contribution >= 0.6 is 0 Å². The first kappa shape index (κ1) is 42.0. The van der Waals surface area contributed by atoms with Crippen molar-refractivity contribution in [3.8, 4) is 0 Å². The maximum absolute atomic E-state index is 12.2. The number of quaternary nitrogens is 1. The molecule has 0 fully saturated rings. The molecule has 0 radical (unpaired) electrons. The zero-order valence-electron chi connectivity index (χ0n) is 28.6. The van der Waals surface area contributed by atoms with Gasteiger partial charge in [0.2, 0.25) is 0 Å². The molecular weight excluding hydrogens is 562 g/mol. The Labute approximate surface area is 266 Å². The van der Waals surface area contributed by atoms with E-state index in [-0.39, 0.29) is 5.90 Å². The maximum Gasteiger partial charge on any atom is 0.397 e. The SMILES string of the molecule is CCCCCCCCCCCCCC([O-])=NCC[N+]1(C)CCN=C1CCCCCCCCCCCCC.COS(=O)(=O)O. The van der Waals surface area contributed by atoms with E-state index in [0.717, 1.165) is 44.1 Å². The number of likely N-dealkylation sites (N-methyl/N-ethyl adjacent to an activating group) is 1. The molecule has 0 amide bonds. The standard InChI is InChI=1S/C33H65N3O.CH4O4S/c1-4-6-8-10-12-14-16-18-20-22-24-26-32-34-28-30-36(32,3)31-29-35-33(37)27-25-23-21-19-17-15-13-11-9-7-5-2;1-5-6(2,3)4/h4-31H2,1-3H3;1H3,(H,2,3,4). The van der Waals surface area contributed by atoms with Crippen LogP contribution in [0, 0.1) is 0 Å². The van der Waals surface area contributed by atoms with Gasteiger partial charge in [0.1, 0.15) is 13.1 Å². The van der Waals surface area contributed by atoms with Crippen LogP contribution in [0.4, 0.5) is 0 Å². The van der Waals surface area contributed by atoms with Crippen molar-refractivity contribution in [2.75, 3.05) is 40.3 Å². The lowest BCUT2D eigenvalue weighted by Crippen LogP contribution is -2.48. The minimum Gasteiger partial charge on any atom is -0.862 e. The minimum absolute atomic E-state index is 0.116. The molecule has 1 aliphatic rings. The molecule has 1 N–H and O–H groups in total. The Hall–Kier alpha value is -1.03. The van der Waals surface area contributed by atoms with E-state index in [1.165, 1.54) is 141 Å². The van der Waals surface area contributed by atoms with Gasteiger partial charge in [-0.3, -0.25) is 18.2 Å². The summed E-state index contributed by atoms with van der Waals surface area (Å²) < 4.78 is 30.6. The van der Waals surface area contributed by atoms with Crippen LogP contribution in [0.3, 0.4) is 0 Å². The number of hydrogen-bond acceptors (Lipinski definition) is 6. The maximum atomic E-state index is 12.2. The molecule has 0 saturated heterocycles. The van der Waals surface area contributed by atoms with Crippen molar-refractivity contribution in [2.24, 2.45) is 9.98 Å². The van der Waals surface area contributed by atoms with E-state index in [0.29, 0.717) is 13.0 Å². The van der Waals surface area contributed by atoms with Crippen LogP contribution in [0.1, 0.15) is 168 Å². The third-order valence-electron chi connectivity index (χ3n) is 8.60. The predicted molar refractivity (Wildman–Crippen MR) is 181 cm³/mol. The third kappa shape index (κ3) is 27.0. The molecule has 0 aliphatic carbocycles. The quantitative estimate of drug-likeness (QED) is 0.0306. The van der Waals surface area contributed by atoms with Gasteiger partial charge in [0, 0.05) is 6.42 Å². The molecular formula is C34H69N3O5S. The van der Waals surface area contributed by atoms with Crippen LogP contribution in [0.25, 0.3) is 0 Å². The summed E-state index contributed by atoms with van der Waals surface area (Å²) in [5.74, 6) is 1.47. The second-order valence-corrected chi connectivity index (χ2v) is 13.8. The summed E-state index contributed by atoms with van der Waals surface area (Å²) in [5.41, 5.74) is 0. The fourth-order valence-corrected chi connectivity index (χ4v) is 5.65. The van der Waals surface area contributed by atoms with Gasteiger partial charge in [0.05, 0.1) is 27.2 Å². The summed E-state index contributed by atoms with van der Waals surface area (Å²) >= 11 is 0. The molecule has 8 nitrogen and oxygen atoms in total. The number of hydrogen-bond donors (Lipinski definition) is 1. The molecule has 0 aromatic carbocycles. The fraction of sp³-hybridized carbons (Fsp3) is 0.941. The Morgan fingerprint density at radius 2 is 1.19 bits per heavy atom. The first-order chi connectivity index (χ1) is 20.7. The van der Waals surface area contributed by atoms with Gasteiger partial charge in [-0.2, -0.15) is 8.42 Å². The van der Waals surface area contributed by atoms with Gasteiger partial charge in [-0.05, 0) is 25.2 Å². The summed E-state index contributed by atoms with van der Waals surface area (Å²) in [6.07, 6.45) is 31.5. The fourth-order valence-electron chi connectivity index (χ4n) is 5.65. The van der Waals surface area contributed by atoms with Crippen LogP contribution in [0.5, 0.6) is 0 Å². The number of amidine groups is 1. The van der Waals surface area contributed by atoms with Crippen molar-refractivity contribution in [3.63, 3.8) is 0 Å². The molecule has 0 aromatic rings. The zero-order valence-corrected chi connectivity index (χ0v) is 29.4. The van der Waals surface area contributed by atoms with Gasteiger partial charge in [-0.25, -0.2) is 4.99 Å². The Balaban J connectivity index is 0.00000265. The van der Waals surface area contributed by atoms with Crippen LogP contribution < -0.4 is 5.11 Å². The summed E-state index contributed by atoms with van der Waals surface area (Å²) in [7, 11) is -0.992. The summed E-state index contributed by atoms with van der Waals surface area (Å²) in [5, 5.41) is 12.2. The topological polar surface area (TPSA) is 111 Å². The summed E-state index contributed by atoms with van der Waals surface area (Å²) in [6.45, 7) is 8.17. The number of nitrogens with zero attached hydrogens (tertiary/aromatic N) is 3. The molecule has 0 aromatic heterocycles. The van der Waals surface area contributed by atoms with E-state index in [4.69, 9.17) is 9.55 Å². The van der Waals surface area contributed by atoms with E-state index in [1.807, 2.05) is 0 Å². The van der Waals surface area contributed by atoms with E-state index in [2.05, 4.69) is 30.1 Å². The molecule has 1 unspecified atom stereocenters. The van der Waals surface area contributed by atoms with E-state index >= 15 is 0 Å². The first-order valence-electron chi connectivity index (χ1n) is 17.8. The molecule has 0 spiro atoms. The highest BCUT2D eigenvalue weighted by molar-refractivity contribution is 7.80. The highest BCUT2D eigenvalue weighted by atomic mass is 32.3. The zero-order chi connectivity index (χ0) is 32.1. The molecule has 256 valence electrons. The Morgan fingerprint density at radius 3 is 1.60 bits per heavy atom. The Kier molecular flexibility index (Phi) is 27.8. The highest BCUT2D eigenvalue weighted by Crippen LogP contribution is 2.18. The van der Waals surface area contributed by atoms with Crippen molar-refractivity contribution in [1.82, 2.24) is 0 Å². The van der Waals surface area contributed by atoms with Gasteiger partial charge in [-0.1, -0.05) is 142 Å². The van der Waals surface area contributed by atoms with E-state index in [9.17, 15) is 13.5 Å². The van der Waals surface area contributed by atoms with Crippen molar-refractivity contribution in [3.05, 3.63) is 0 Å². The second-order valence-electron chi connectivity index (χ2n) is 12.6. The van der Waals surface area contributed by atoms with Gasteiger partial charge in [0.15, 0.2) is 5.84 Å². The highest BCUT2D eigenvalue weighted by Gasteiger charge is 2.32. The van der Waals surface area contributed by atoms with Crippen molar-refractivity contribution >= 4 is 22.1 Å². The summed E-state index contributed by atoms with van der Waals surface area (Å²) in [6, 6.07) is 0. The van der Waals surface area contributed by atoms with E-state index < -0.39 is 10.4 Å². The molecule has 1 heterocycles. The number of unbranched alkanes of at least 4 members (excludes halogenated alkanes) is 20. The minimum atomic E-state index is -4.16. The average Bonchev–Trinajstić information content (AvgIpc) is 3.34. The molecule has 1 aliphatic heterocycles. The van der Waals surface area contributed by atoms with Crippen molar-refractivity contribution in [1.29, 1.82) is 0 Å². The van der Waals surface area contributed by atoms with Gasteiger partial charge < -0.3 is 5.11 Å². The Bertz CT molecular complexity index is 804. The molecule has 1 rings (SSSR count). The Morgan fingerprint density at radius 1 is 0.791 bits per heavy atom. The predicted octanol–water partition coefficient (Wildman–Crippen LogP) is 8.44. The van der Waals surface area contributed by atoms with Crippen LogP contribution in [0.15, 0.2) is 9.98 Å². The molecule has 9 heteroatoms. The molecule has 1 atom stereocenters. The summed E-state index contributed by atoms with van der Waals surface area (Å²) in [4.78, 5) is 9.24. The van der Waals surface area contributed by atoms with Gasteiger partial charge in [-0.15, -0.1) is 0 Å². The third-order valence-corrected chi connectivity index (χ3v) is 9.02. The lowest BCUT2D eigenvalue weighted by Gasteiger charge is -2.30. The van der Waals surface area contributed by atoms with Gasteiger partial charge >= 0.3 is 10.4 Å². The number of aliphatic imine (C=N–C) groups is 2. The largest absolute Gasteiger partial charge is 0.862 e. The molecule has 43 heavy (non-hydrogen) atoms. The van der Waals surface area contributed by atoms with Crippen LogP contribution in [-0.4, -0.2) is 69.5 Å². The first-order valence-corrected chi connectivity index (χ1v) is 19.2. The second kappa shape index (κ2) is 28.4. The average molecular weight is 632 g/mol. The molecule has 0 bridgehead atoms. The lowest BCUT2D eigenvalue weighted by molar-refractivity contribution is -0.813. The van der Waals surface area contributed by atoms with Gasteiger partial charge in [0.25, 0.3) is 0 Å². The van der Waals surface area contributed by atoms with Crippen molar-refractivity contribution in [2.45, 2.75) is 168 Å². The molecule has 0 saturated carbocycles. The lowest BCUT2D eigenvalue weighted by atomic mass is 10.0.